The van der Waals surface area contributed by atoms with Gasteiger partial charge in [-0.25, -0.2) is 23.9 Å². The first-order valence-electron chi connectivity index (χ1n) is 17.5. The number of carbonyl (C=O) groups excluding carboxylic acids is 4. The van der Waals surface area contributed by atoms with Crippen molar-refractivity contribution in [2.45, 2.75) is 37.1 Å². The highest BCUT2D eigenvalue weighted by Crippen LogP contribution is 2.36. The first-order chi connectivity index (χ1) is 26.9. The van der Waals surface area contributed by atoms with Crippen LogP contribution in [0.3, 0.4) is 0 Å². The van der Waals surface area contributed by atoms with E-state index in [1.807, 2.05) is 30.3 Å². The lowest BCUT2D eigenvalue weighted by molar-refractivity contribution is -0.252. The van der Waals surface area contributed by atoms with Crippen LogP contribution in [0.1, 0.15) is 58.9 Å². The standard InChI is InChI=1S/C43H35N3O9/c47-40(30-18-8-2-9-19-30)51-28-35-36(53-41(48)31-20-10-3-11-21-31)37(54-42(49)32-22-12-4-13-23-32)38(55-43(50)33-24-14-5-15-25-33)39(52-35)46-27-34(44-45-46)26-29-16-6-1-7-17-29/h1-25,27,35-39H,26,28H2/t35-,36-,37+,38-,39?/m1/s1. The average molecular weight is 738 g/mol. The molecule has 0 saturated carbocycles. The zero-order valence-corrected chi connectivity index (χ0v) is 29.3. The number of hydrogen-bond donors (Lipinski definition) is 0. The lowest BCUT2D eigenvalue weighted by Crippen LogP contribution is -2.61. The van der Waals surface area contributed by atoms with Gasteiger partial charge in [0.05, 0.1) is 34.1 Å². The van der Waals surface area contributed by atoms with Crippen LogP contribution >= 0.6 is 0 Å². The molecule has 276 valence electrons. The van der Waals surface area contributed by atoms with Crippen molar-refractivity contribution in [1.29, 1.82) is 0 Å². The van der Waals surface area contributed by atoms with E-state index >= 15 is 0 Å². The number of benzene rings is 5. The van der Waals surface area contributed by atoms with Crippen LogP contribution < -0.4 is 0 Å². The van der Waals surface area contributed by atoms with E-state index < -0.39 is 61.1 Å². The smallest absolute Gasteiger partial charge is 0.338 e. The van der Waals surface area contributed by atoms with E-state index in [-0.39, 0.29) is 22.3 Å². The van der Waals surface area contributed by atoms with E-state index in [1.165, 1.54) is 4.68 Å². The van der Waals surface area contributed by atoms with Gasteiger partial charge in [0.25, 0.3) is 0 Å². The van der Waals surface area contributed by atoms with E-state index in [4.69, 9.17) is 23.7 Å². The molecule has 5 aromatic carbocycles. The molecule has 0 N–H and O–H groups in total. The third-order valence-corrected chi connectivity index (χ3v) is 8.80. The number of nitrogens with zero attached hydrogens (tertiary/aromatic N) is 3. The summed E-state index contributed by atoms with van der Waals surface area (Å²) in [6.07, 6.45) is -5.00. The zero-order valence-electron chi connectivity index (χ0n) is 29.3. The Morgan fingerprint density at radius 2 is 0.945 bits per heavy atom. The van der Waals surface area contributed by atoms with Crippen molar-refractivity contribution >= 4 is 23.9 Å². The minimum atomic E-state index is -1.52. The molecule has 1 fully saturated rings. The first-order valence-corrected chi connectivity index (χ1v) is 17.5. The largest absolute Gasteiger partial charge is 0.459 e. The predicted molar refractivity (Wildman–Crippen MR) is 197 cm³/mol. The van der Waals surface area contributed by atoms with E-state index in [9.17, 15) is 19.2 Å². The highest BCUT2D eigenvalue weighted by atomic mass is 16.7. The van der Waals surface area contributed by atoms with Crippen LogP contribution in [-0.2, 0) is 30.1 Å². The summed E-state index contributed by atoms with van der Waals surface area (Å²) in [6.45, 7) is -0.457. The summed E-state index contributed by atoms with van der Waals surface area (Å²) in [5.74, 6) is -3.02. The molecule has 0 aliphatic carbocycles. The van der Waals surface area contributed by atoms with Gasteiger partial charge in [0, 0.05) is 6.42 Å². The van der Waals surface area contributed by atoms with Crippen LogP contribution in [0.4, 0.5) is 0 Å². The van der Waals surface area contributed by atoms with E-state index in [1.54, 1.807) is 128 Å². The van der Waals surface area contributed by atoms with Gasteiger partial charge < -0.3 is 23.7 Å². The fourth-order valence-corrected chi connectivity index (χ4v) is 6.08. The summed E-state index contributed by atoms with van der Waals surface area (Å²) in [4.78, 5) is 54.6. The summed E-state index contributed by atoms with van der Waals surface area (Å²) >= 11 is 0. The van der Waals surface area contributed by atoms with E-state index in [0.717, 1.165) is 5.56 Å². The lowest BCUT2D eigenvalue weighted by atomic mass is 9.96. The number of esters is 4. The predicted octanol–water partition coefficient (Wildman–Crippen LogP) is 6.30. The van der Waals surface area contributed by atoms with Crippen molar-refractivity contribution < 1.29 is 42.9 Å². The Kier molecular flexibility index (Phi) is 11.4. The molecular weight excluding hydrogens is 702 g/mol. The van der Waals surface area contributed by atoms with Crippen LogP contribution in [0, 0.1) is 0 Å². The van der Waals surface area contributed by atoms with Crippen molar-refractivity contribution in [2.24, 2.45) is 0 Å². The van der Waals surface area contributed by atoms with Crippen molar-refractivity contribution in [2.75, 3.05) is 6.61 Å². The average Bonchev–Trinajstić information content (AvgIpc) is 3.71. The van der Waals surface area contributed by atoms with Gasteiger partial charge in [0.1, 0.15) is 12.7 Å². The minimum absolute atomic E-state index is 0.185. The van der Waals surface area contributed by atoms with Crippen molar-refractivity contribution in [3.63, 3.8) is 0 Å². The second-order valence-electron chi connectivity index (χ2n) is 12.6. The van der Waals surface area contributed by atoms with E-state index in [0.29, 0.717) is 12.1 Å². The Hall–Kier alpha value is -6.92. The Morgan fingerprint density at radius 1 is 0.527 bits per heavy atom. The van der Waals surface area contributed by atoms with Gasteiger partial charge >= 0.3 is 23.9 Å². The lowest BCUT2D eigenvalue weighted by Gasteiger charge is -2.44. The summed E-state index contributed by atoms with van der Waals surface area (Å²) in [7, 11) is 0. The first kappa shape index (κ1) is 36.4. The molecule has 0 radical (unpaired) electrons. The molecule has 1 aromatic heterocycles. The maximum Gasteiger partial charge on any atom is 0.338 e. The number of rotatable bonds is 12. The molecule has 1 saturated heterocycles. The number of aromatic nitrogens is 3. The molecule has 12 heteroatoms. The Balaban J connectivity index is 1.30. The number of hydrogen-bond acceptors (Lipinski definition) is 11. The van der Waals surface area contributed by atoms with Gasteiger partial charge in [0.15, 0.2) is 24.5 Å². The van der Waals surface area contributed by atoms with Crippen LogP contribution in [-0.4, -0.2) is 69.9 Å². The fourth-order valence-electron chi connectivity index (χ4n) is 6.08. The molecule has 2 heterocycles. The van der Waals surface area contributed by atoms with Crippen LogP contribution in [0.25, 0.3) is 0 Å². The second-order valence-corrected chi connectivity index (χ2v) is 12.6. The monoisotopic (exact) mass is 737 g/mol. The minimum Gasteiger partial charge on any atom is -0.459 e. The van der Waals surface area contributed by atoms with Gasteiger partial charge in [-0.15, -0.1) is 5.10 Å². The van der Waals surface area contributed by atoms with Crippen LogP contribution in [0.2, 0.25) is 0 Å². The summed E-state index contributed by atoms with van der Waals surface area (Å²) in [5.41, 5.74) is 2.39. The van der Waals surface area contributed by atoms with Gasteiger partial charge in [-0.3, -0.25) is 0 Å². The van der Waals surface area contributed by atoms with Gasteiger partial charge in [-0.05, 0) is 54.1 Å². The highest BCUT2D eigenvalue weighted by molar-refractivity contribution is 5.91. The van der Waals surface area contributed by atoms with Gasteiger partial charge in [-0.1, -0.05) is 108 Å². The van der Waals surface area contributed by atoms with Gasteiger partial charge in [-0.2, -0.15) is 0 Å². The molecule has 55 heavy (non-hydrogen) atoms. The molecule has 1 unspecified atom stereocenters. The number of ether oxygens (including phenoxy) is 5. The Morgan fingerprint density at radius 3 is 1.44 bits per heavy atom. The molecule has 0 bridgehead atoms. The second kappa shape index (κ2) is 17.3. The van der Waals surface area contributed by atoms with Crippen LogP contribution in [0.15, 0.2) is 158 Å². The molecule has 12 nitrogen and oxygen atoms in total. The fraction of sp³-hybridized carbons (Fsp3) is 0.163. The third kappa shape index (κ3) is 9.00. The Labute approximate surface area is 316 Å². The van der Waals surface area contributed by atoms with E-state index in [2.05, 4.69) is 10.3 Å². The SMILES string of the molecule is O=C(OC[C@H]1OC(n2cc(Cc3ccccc3)nn2)[C@H](OC(=O)c2ccccc2)[C@@H](OC(=O)c2ccccc2)[C@@H]1OC(=O)c1ccccc1)c1ccccc1. The molecule has 5 atom stereocenters. The molecule has 0 amide bonds. The normalized spacial score (nSPS) is 19.1. The van der Waals surface area contributed by atoms with Crippen LogP contribution in [0.5, 0.6) is 0 Å². The van der Waals surface area contributed by atoms with Gasteiger partial charge in [0.2, 0.25) is 0 Å². The summed E-state index contributed by atoms with van der Waals surface area (Å²) < 4.78 is 32.1. The number of carbonyl (C=O) groups is 4. The maximum atomic E-state index is 13.9. The maximum absolute atomic E-state index is 13.9. The highest BCUT2D eigenvalue weighted by Gasteiger charge is 2.54. The molecule has 6 aromatic rings. The quantitative estimate of drug-likeness (QED) is 0.103. The van der Waals surface area contributed by atoms with Crippen molar-refractivity contribution in [3.05, 3.63) is 191 Å². The molecular formula is C43H35N3O9. The Bertz CT molecular complexity index is 2200. The topological polar surface area (TPSA) is 145 Å². The molecule has 7 rings (SSSR count). The third-order valence-electron chi connectivity index (χ3n) is 8.80. The van der Waals surface area contributed by atoms with Crippen molar-refractivity contribution in [3.8, 4) is 0 Å². The zero-order chi connectivity index (χ0) is 38.0. The molecule has 1 aliphatic heterocycles. The summed E-state index contributed by atoms with van der Waals surface area (Å²) in [5, 5.41) is 8.70. The molecule has 0 spiro atoms. The van der Waals surface area contributed by atoms with Crippen molar-refractivity contribution in [1.82, 2.24) is 15.0 Å². The molecule has 1 aliphatic rings. The summed E-state index contributed by atoms with van der Waals surface area (Å²) in [6, 6.07) is 42.5.